The van der Waals surface area contributed by atoms with E-state index in [9.17, 15) is 0 Å². The summed E-state index contributed by atoms with van der Waals surface area (Å²) in [6.07, 6.45) is 3.74. The van der Waals surface area contributed by atoms with E-state index in [4.69, 9.17) is 4.98 Å². The Labute approximate surface area is 267 Å². The third-order valence-electron chi connectivity index (χ3n) is 9.14. The highest BCUT2D eigenvalue weighted by Gasteiger charge is 2.19. The van der Waals surface area contributed by atoms with Crippen molar-refractivity contribution in [2.24, 2.45) is 0 Å². The summed E-state index contributed by atoms with van der Waals surface area (Å²) in [5.41, 5.74) is 8.91. The first-order chi connectivity index (χ1) is 22.8. The maximum absolute atomic E-state index is 4.91. The summed E-state index contributed by atoms with van der Waals surface area (Å²) in [6.45, 7) is 0. The molecule has 0 saturated heterocycles. The summed E-state index contributed by atoms with van der Waals surface area (Å²) in [4.78, 5) is 9.42. The molecule has 2 nitrogen and oxygen atoms in total. The molecule has 9 aromatic rings. The van der Waals surface area contributed by atoms with Gasteiger partial charge in [0.1, 0.15) is 0 Å². The zero-order chi connectivity index (χ0) is 30.5. The van der Waals surface area contributed by atoms with Gasteiger partial charge < -0.3 is 0 Å². The Balaban J connectivity index is 1.37. The quantitative estimate of drug-likeness (QED) is 0.152. The van der Waals surface area contributed by atoms with Crippen molar-refractivity contribution in [3.8, 4) is 44.8 Å². The molecule has 2 heteroatoms. The van der Waals surface area contributed by atoms with E-state index in [1.54, 1.807) is 0 Å². The Hall–Kier alpha value is -6.12. The Bertz CT molecular complexity index is 2550. The van der Waals surface area contributed by atoms with E-state index in [1.165, 1.54) is 65.3 Å². The van der Waals surface area contributed by atoms with Crippen LogP contribution >= 0.6 is 0 Å². The lowest BCUT2D eigenvalue weighted by Gasteiger charge is -2.20. The van der Waals surface area contributed by atoms with Crippen LogP contribution < -0.4 is 0 Å². The molecule has 0 atom stereocenters. The molecule has 2 aromatic heterocycles. The summed E-state index contributed by atoms with van der Waals surface area (Å²) >= 11 is 0. The van der Waals surface area contributed by atoms with Crippen LogP contribution in [-0.4, -0.2) is 9.97 Å². The molecule has 0 spiro atoms. The zero-order valence-electron chi connectivity index (χ0n) is 25.1. The average molecular weight is 585 g/mol. The van der Waals surface area contributed by atoms with Gasteiger partial charge in [-0.1, -0.05) is 121 Å². The van der Waals surface area contributed by atoms with E-state index in [2.05, 4.69) is 145 Å². The topological polar surface area (TPSA) is 25.8 Å². The van der Waals surface area contributed by atoms with Crippen molar-refractivity contribution < 1.29 is 0 Å². The molecular weight excluding hydrogens is 556 g/mol. The fourth-order valence-corrected chi connectivity index (χ4v) is 7.05. The highest BCUT2D eigenvalue weighted by molar-refractivity contribution is 6.26. The van der Waals surface area contributed by atoms with Gasteiger partial charge in [-0.05, 0) is 102 Å². The van der Waals surface area contributed by atoms with Crippen molar-refractivity contribution in [3.63, 3.8) is 0 Å². The lowest BCUT2D eigenvalue weighted by atomic mass is 9.83. The average Bonchev–Trinajstić information content (AvgIpc) is 3.14. The van der Waals surface area contributed by atoms with Crippen molar-refractivity contribution in [2.45, 2.75) is 0 Å². The van der Waals surface area contributed by atoms with E-state index in [-0.39, 0.29) is 0 Å². The van der Waals surface area contributed by atoms with Crippen LogP contribution in [0.2, 0.25) is 0 Å². The number of fused-ring (bicyclic) bond motifs is 5. The summed E-state index contributed by atoms with van der Waals surface area (Å²) in [5, 5.41) is 9.99. The summed E-state index contributed by atoms with van der Waals surface area (Å²) in [7, 11) is 0. The lowest BCUT2D eigenvalue weighted by Crippen LogP contribution is -1.93. The maximum atomic E-state index is 4.91. The fourth-order valence-electron chi connectivity index (χ4n) is 7.05. The van der Waals surface area contributed by atoms with Crippen LogP contribution in [0.3, 0.4) is 0 Å². The Morgan fingerprint density at radius 3 is 1.72 bits per heavy atom. The molecule has 0 aliphatic heterocycles. The van der Waals surface area contributed by atoms with Crippen molar-refractivity contribution in [1.82, 2.24) is 9.97 Å². The van der Waals surface area contributed by atoms with Gasteiger partial charge in [-0.2, -0.15) is 0 Å². The SMILES string of the molecule is c1ccc(-c2c3ccccc3c(-c3cc4ccccc4c4ccccc34)c3ccc(-c4ccc(-c5ccccn5)cn4)cc23)cc1. The summed E-state index contributed by atoms with van der Waals surface area (Å²) in [6, 6.07) is 56.6. The van der Waals surface area contributed by atoms with Gasteiger partial charge in [0.05, 0.1) is 11.4 Å². The molecule has 7 aromatic carbocycles. The number of nitrogens with zero attached hydrogens (tertiary/aromatic N) is 2. The first-order valence-corrected chi connectivity index (χ1v) is 15.7. The van der Waals surface area contributed by atoms with E-state index >= 15 is 0 Å². The monoisotopic (exact) mass is 584 g/mol. The van der Waals surface area contributed by atoms with Crippen LogP contribution in [0.4, 0.5) is 0 Å². The number of pyridine rings is 2. The second-order valence-electron chi connectivity index (χ2n) is 11.8. The predicted octanol–water partition coefficient (Wildman–Crippen LogP) is 11.8. The minimum Gasteiger partial charge on any atom is -0.256 e. The second kappa shape index (κ2) is 10.8. The van der Waals surface area contributed by atoms with E-state index in [0.717, 1.165) is 22.5 Å². The number of aromatic nitrogens is 2. The van der Waals surface area contributed by atoms with Crippen LogP contribution in [0.15, 0.2) is 170 Å². The third-order valence-corrected chi connectivity index (χ3v) is 9.14. The molecule has 0 radical (unpaired) electrons. The van der Waals surface area contributed by atoms with Gasteiger partial charge in [-0.15, -0.1) is 0 Å². The maximum Gasteiger partial charge on any atom is 0.0717 e. The van der Waals surface area contributed by atoms with Crippen LogP contribution in [-0.2, 0) is 0 Å². The van der Waals surface area contributed by atoms with Gasteiger partial charge in [0.2, 0.25) is 0 Å². The zero-order valence-corrected chi connectivity index (χ0v) is 25.1. The number of rotatable bonds is 4. The molecule has 0 fully saturated rings. The smallest absolute Gasteiger partial charge is 0.0717 e. The molecule has 0 saturated carbocycles. The molecule has 0 unspecified atom stereocenters. The Morgan fingerprint density at radius 2 is 0.957 bits per heavy atom. The van der Waals surface area contributed by atoms with Crippen LogP contribution in [0, 0.1) is 0 Å². The third kappa shape index (κ3) is 4.27. The molecule has 0 aliphatic rings. The van der Waals surface area contributed by atoms with Crippen molar-refractivity contribution in [1.29, 1.82) is 0 Å². The van der Waals surface area contributed by atoms with Gasteiger partial charge in [0.25, 0.3) is 0 Å². The van der Waals surface area contributed by atoms with Crippen LogP contribution in [0.5, 0.6) is 0 Å². The van der Waals surface area contributed by atoms with Crippen molar-refractivity contribution in [3.05, 3.63) is 170 Å². The molecular formula is C44H28N2. The first-order valence-electron chi connectivity index (χ1n) is 15.7. The fraction of sp³-hybridized carbons (Fsp3) is 0. The molecule has 214 valence electrons. The molecule has 0 amide bonds. The molecule has 0 aliphatic carbocycles. The highest BCUT2D eigenvalue weighted by Crippen LogP contribution is 2.47. The summed E-state index contributed by atoms with van der Waals surface area (Å²) in [5.74, 6) is 0. The van der Waals surface area contributed by atoms with Crippen molar-refractivity contribution >= 4 is 43.1 Å². The molecule has 0 bridgehead atoms. The minimum absolute atomic E-state index is 0.921. The van der Waals surface area contributed by atoms with Crippen LogP contribution in [0.25, 0.3) is 87.9 Å². The molecule has 0 N–H and O–H groups in total. The Morgan fingerprint density at radius 1 is 0.326 bits per heavy atom. The van der Waals surface area contributed by atoms with Gasteiger partial charge in [0, 0.05) is 23.5 Å². The van der Waals surface area contributed by atoms with Crippen molar-refractivity contribution in [2.75, 3.05) is 0 Å². The largest absolute Gasteiger partial charge is 0.256 e. The number of benzene rings is 7. The lowest BCUT2D eigenvalue weighted by molar-refractivity contribution is 1.28. The molecule has 46 heavy (non-hydrogen) atoms. The van der Waals surface area contributed by atoms with Gasteiger partial charge in [-0.25, -0.2) is 0 Å². The van der Waals surface area contributed by atoms with Gasteiger partial charge in [0.15, 0.2) is 0 Å². The molecule has 2 heterocycles. The van der Waals surface area contributed by atoms with E-state index < -0.39 is 0 Å². The predicted molar refractivity (Wildman–Crippen MR) is 194 cm³/mol. The molecule has 9 rings (SSSR count). The summed E-state index contributed by atoms with van der Waals surface area (Å²) < 4.78 is 0. The van der Waals surface area contributed by atoms with Gasteiger partial charge in [-0.3, -0.25) is 9.97 Å². The highest BCUT2D eigenvalue weighted by atomic mass is 14.7. The van der Waals surface area contributed by atoms with E-state index in [0.29, 0.717) is 0 Å². The number of hydrogen-bond donors (Lipinski definition) is 0. The normalized spacial score (nSPS) is 11.5. The van der Waals surface area contributed by atoms with Gasteiger partial charge >= 0.3 is 0 Å². The standard InChI is InChI=1S/C44H28N2/c1-2-12-29(13-3-1)43-36-18-8-9-19-37(36)44(39-26-30-14-4-5-15-33(30)34-16-6-7-17-35(34)39)38-23-21-31(27-40(38)43)42-24-22-32(28-46-42)41-20-10-11-25-45-41/h1-28H. The van der Waals surface area contributed by atoms with E-state index in [1.807, 2.05) is 30.6 Å². The minimum atomic E-state index is 0.921. The first kappa shape index (κ1) is 26.3. The number of hydrogen-bond acceptors (Lipinski definition) is 2. The second-order valence-corrected chi connectivity index (χ2v) is 11.8. The van der Waals surface area contributed by atoms with Crippen LogP contribution in [0.1, 0.15) is 0 Å². The Kier molecular flexibility index (Phi) is 6.17.